The summed E-state index contributed by atoms with van der Waals surface area (Å²) in [6.07, 6.45) is 3.61. The van der Waals surface area contributed by atoms with Crippen molar-refractivity contribution in [2.75, 3.05) is 9.80 Å². The highest BCUT2D eigenvalue weighted by atomic mass is 32.1. The molecule has 52 heavy (non-hydrogen) atoms. The van der Waals surface area contributed by atoms with E-state index in [9.17, 15) is 15.2 Å². The molecular formula is C46H31N3O2S. The van der Waals surface area contributed by atoms with E-state index in [-0.39, 0.29) is 5.57 Å². The summed E-state index contributed by atoms with van der Waals surface area (Å²) in [5, 5.41) is 18.8. The van der Waals surface area contributed by atoms with Crippen LogP contribution in [0.15, 0.2) is 175 Å². The lowest BCUT2D eigenvalue weighted by molar-refractivity contribution is -0.132. The summed E-state index contributed by atoms with van der Waals surface area (Å²) in [6.45, 7) is 0. The fourth-order valence-corrected chi connectivity index (χ4v) is 7.61. The molecule has 0 unspecified atom stereocenters. The Balaban J connectivity index is 1.31. The summed E-state index contributed by atoms with van der Waals surface area (Å²) in [5.74, 6) is -1.24. The van der Waals surface area contributed by atoms with Crippen molar-refractivity contribution in [2.45, 2.75) is 0 Å². The molecule has 0 amide bonds. The van der Waals surface area contributed by atoms with Crippen LogP contribution in [0.1, 0.15) is 20.9 Å². The molecule has 5 nitrogen and oxygen atoms in total. The lowest BCUT2D eigenvalue weighted by Crippen LogP contribution is -2.10. The largest absolute Gasteiger partial charge is 0.477 e. The maximum absolute atomic E-state index is 11.6. The molecule has 0 atom stereocenters. The van der Waals surface area contributed by atoms with Gasteiger partial charge in [-0.1, -0.05) is 84.9 Å². The molecule has 1 heterocycles. The Bertz CT molecular complexity index is 2290. The van der Waals surface area contributed by atoms with Gasteiger partial charge in [-0.25, -0.2) is 4.79 Å². The molecule has 6 heteroatoms. The Morgan fingerprint density at radius 3 is 1.31 bits per heavy atom. The highest BCUT2D eigenvalue weighted by Crippen LogP contribution is 2.50. The zero-order valence-electron chi connectivity index (χ0n) is 27.9. The molecule has 248 valence electrons. The van der Waals surface area contributed by atoms with E-state index in [1.807, 2.05) is 36.4 Å². The van der Waals surface area contributed by atoms with Crippen molar-refractivity contribution in [3.63, 3.8) is 0 Å². The predicted molar refractivity (Wildman–Crippen MR) is 214 cm³/mol. The Kier molecular flexibility index (Phi) is 8.76. The smallest absolute Gasteiger partial charge is 0.346 e. The monoisotopic (exact) mass is 689 g/mol. The number of rotatable bonds is 9. The number of nitrogens with zero attached hydrogens (tertiary/aromatic N) is 3. The van der Waals surface area contributed by atoms with Gasteiger partial charge in [-0.3, -0.25) is 0 Å². The van der Waals surface area contributed by atoms with Crippen LogP contribution in [-0.4, -0.2) is 11.1 Å². The highest BCUT2D eigenvalue weighted by molar-refractivity contribution is 7.13. The van der Waals surface area contributed by atoms with Gasteiger partial charge in [-0.15, -0.1) is 11.3 Å². The standard InChI is InChI=1S/C46H31N3O2S/c47-31-32(46(50)51)27-39-23-24-40(52-39)30-45-43-28-37(48(33-13-5-1-6-14-33)34-15-7-2-8-16-34)21-25-41(43)42-26-22-38(29-44(42)45)49(35-17-9-3-10-18-35)36-19-11-4-12-20-36/h1-30H,(H,50,51). The van der Waals surface area contributed by atoms with Gasteiger partial charge in [0, 0.05) is 43.9 Å². The number of carboxylic acid groups (broad SMARTS) is 1. The molecule has 0 fully saturated rings. The van der Waals surface area contributed by atoms with Crippen molar-refractivity contribution >= 4 is 69.2 Å². The minimum absolute atomic E-state index is 0.296. The van der Waals surface area contributed by atoms with Crippen LogP contribution in [0.2, 0.25) is 0 Å². The van der Waals surface area contributed by atoms with E-state index in [1.165, 1.54) is 17.4 Å². The number of carbonyl (C=O) groups is 1. The highest BCUT2D eigenvalue weighted by Gasteiger charge is 2.27. The first-order chi connectivity index (χ1) is 25.6. The zero-order chi connectivity index (χ0) is 35.4. The molecule has 1 aliphatic rings. The van der Waals surface area contributed by atoms with E-state index >= 15 is 0 Å². The Hall–Kier alpha value is -6.94. The summed E-state index contributed by atoms with van der Waals surface area (Å²) in [6, 6.07) is 60.4. The van der Waals surface area contributed by atoms with Gasteiger partial charge in [-0.05, 0) is 125 Å². The molecule has 0 radical (unpaired) electrons. The molecule has 1 aliphatic carbocycles. The molecule has 8 rings (SSSR count). The molecule has 1 aromatic heterocycles. The van der Waals surface area contributed by atoms with Crippen LogP contribution in [0, 0.1) is 11.3 Å². The number of anilines is 6. The SMILES string of the molecule is N#CC(=Cc1ccc(C=C2c3cc(N(c4ccccc4)c4ccccc4)ccc3-c3ccc(N(c4ccccc4)c4ccccc4)cc32)s1)C(=O)O. The maximum atomic E-state index is 11.6. The van der Waals surface area contributed by atoms with Crippen molar-refractivity contribution in [1.82, 2.24) is 0 Å². The average Bonchev–Trinajstić information content (AvgIpc) is 3.77. The average molecular weight is 690 g/mol. The van der Waals surface area contributed by atoms with Gasteiger partial charge in [0.2, 0.25) is 0 Å². The number of thiophene rings is 1. The van der Waals surface area contributed by atoms with Gasteiger partial charge in [0.15, 0.2) is 0 Å². The molecule has 0 saturated carbocycles. The molecule has 1 N–H and O–H groups in total. The van der Waals surface area contributed by atoms with E-state index in [0.717, 1.165) is 66.8 Å². The van der Waals surface area contributed by atoms with Gasteiger partial charge in [0.1, 0.15) is 11.6 Å². The fraction of sp³-hybridized carbons (Fsp3) is 0. The molecule has 0 saturated heterocycles. The van der Waals surface area contributed by atoms with Gasteiger partial charge in [-0.2, -0.15) is 5.26 Å². The molecule has 7 aromatic rings. The van der Waals surface area contributed by atoms with Crippen LogP contribution in [0.25, 0.3) is 28.9 Å². The third-order valence-corrected chi connectivity index (χ3v) is 10.0. The summed E-state index contributed by atoms with van der Waals surface area (Å²) in [4.78, 5) is 17.8. The molecule has 0 spiro atoms. The number of hydrogen-bond donors (Lipinski definition) is 1. The second kappa shape index (κ2) is 14.1. The van der Waals surface area contributed by atoms with E-state index in [0.29, 0.717) is 4.88 Å². The van der Waals surface area contributed by atoms with Crippen LogP contribution in [0.5, 0.6) is 0 Å². The number of carboxylic acids is 1. The number of hydrogen-bond acceptors (Lipinski definition) is 5. The summed E-state index contributed by atoms with van der Waals surface area (Å²) in [5.41, 5.74) is 11.5. The van der Waals surface area contributed by atoms with E-state index in [2.05, 4.69) is 149 Å². The number of aliphatic carboxylic acids is 1. The van der Waals surface area contributed by atoms with Gasteiger partial charge >= 0.3 is 5.97 Å². The van der Waals surface area contributed by atoms with E-state index in [1.54, 1.807) is 6.07 Å². The first kappa shape index (κ1) is 32.3. The number of para-hydroxylation sites is 4. The number of benzene rings is 6. The lowest BCUT2D eigenvalue weighted by atomic mass is 10.0. The zero-order valence-corrected chi connectivity index (χ0v) is 28.7. The van der Waals surface area contributed by atoms with E-state index < -0.39 is 5.97 Å². The van der Waals surface area contributed by atoms with Crippen molar-refractivity contribution in [2.24, 2.45) is 0 Å². The van der Waals surface area contributed by atoms with Crippen LogP contribution in [0.4, 0.5) is 34.1 Å². The van der Waals surface area contributed by atoms with Crippen molar-refractivity contribution in [3.05, 3.63) is 196 Å². The van der Waals surface area contributed by atoms with Crippen LogP contribution >= 0.6 is 11.3 Å². The van der Waals surface area contributed by atoms with Gasteiger partial charge < -0.3 is 14.9 Å². The predicted octanol–water partition coefficient (Wildman–Crippen LogP) is 12.2. The minimum Gasteiger partial charge on any atom is -0.477 e. The lowest BCUT2D eigenvalue weighted by Gasteiger charge is -2.26. The van der Waals surface area contributed by atoms with E-state index in [4.69, 9.17) is 0 Å². The van der Waals surface area contributed by atoms with Gasteiger partial charge in [0.25, 0.3) is 0 Å². The quantitative estimate of drug-likeness (QED) is 0.121. The van der Waals surface area contributed by atoms with Crippen molar-refractivity contribution < 1.29 is 9.90 Å². The second-order valence-corrected chi connectivity index (χ2v) is 13.4. The normalized spacial score (nSPS) is 11.7. The summed E-state index contributed by atoms with van der Waals surface area (Å²) in [7, 11) is 0. The Labute approximate surface area is 306 Å². The fourth-order valence-electron chi connectivity index (χ4n) is 6.71. The first-order valence-corrected chi connectivity index (χ1v) is 17.7. The second-order valence-electron chi connectivity index (χ2n) is 12.2. The third kappa shape index (κ3) is 6.29. The summed E-state index contributed by atoms with van der Waals surface area (Å²) >= 11 is 1.45. The van der Waals surface area contributed by atoms with Crippen molar-refractivity contribution in [3.8, 4) is 17.2 Å². The Morgan fingerprint density at radius 1 is 0.519 bits per heavy atom. The van der Waals surface area contributed by atoms with Crippen LogP contribution in [-0.2, 0) is 4.79 Å². The molecule has 6 aromatic carbocycles. The minimum atomic E-state index is -1.24. The number of fused-ring (bicyclic) bond motifs is 3. The Morgan fingerprint density at radius 2 is 0.923 bits per heavy atom. The first-order valence-electron chi connectivity index (χ1n) is 16.8. The number of nitriles is 1. The van der Waals surface area contributed by atoms with Gasteiger partial charge in [0.05, 0.1) is 0 Å². The van der Waals surface area contributed by atoms with Crippen molar-refractivity contribution in [1.29, 1.82) is 5.26 Å². The molecule has 0 aliphatic heterocycles. The summed E-state index contributed by atoms with van der Waals surface area (Å²) < 4.78 is 0. The maximum Gasteiger partial charge on any atom is 0.346 e. The third-order valence-electron chi connectivity index (χ3n) is 9.02. The molecular weight excluding hydrogens is 659 g/mol. The topological polar surface area (TPSA) is 67.6 Å². The molecule has 0 bridgehead atoms. The van der Waals surface area contributed by atoms with Crippen LogP contribution in [0.3, 0.4) is 0 Å². The van der Waals surface area contributed by atoms with Crippen LogP contribution < -0.4 is 9.80 Å².